The van der Waals surface area contributed by atoms with Gasteiger partial charge < -0.3 is 85.9 Å². The fourth-order valence-electron chi connectivity index (χ4n) is 8.63. The van der Waals surface area contributed by atoms with E-state index in [4.69, 9.17) is 22.9 Å². The van der Waals surface area contributed by atoms with Crippen molar-refractivity contribution in [2.24, 2.45) is 33.8 Å². The van der Waals surface area contributed by atoms with Gasteiger partial charge in [0.1, 0.15) is 48.3 Å². The highest BCUT2D eigenvalue weighted by Gasteiger charge is 2.35. The van der Waals surface area contributed by atoms with Crippen LogP contribution >= 0.6 is 0 Å². The molecule has 28 heteroatoms. The molecular formula is C54H79N17O11. The standard InChI is InChI=1S/C54H79N17O11/c1-30(2)21-40(46(56)75)68-50(79)41(22-33-13-6-5-7-14-33)69-48(77)38(17-10-11-19-55)66-51(80)42(23-34-25-61-37-16-9-8-15-36(34)37)70-52(81)43(24-35-26-59-29-63-35)71-49(78)39(18-12-20-60-54(57)58)67-53(82)44(28-72)65-45(74)27-62-47(76)31(3)64-32(4)73/h5-9,13-16,25-26,29-31,38-44,61,72H,10-12,17-24,27-28,55H2,1-4H3,(H2,56,75)(H,59,63)(H,62,76)(H,64,73)(H,65,74)(H,66,80)(H,67,82)(H,68,79)(H,69,77)(H,70,81)(H,71,78)(H4,57,58,60)/t31-,38-,39-,40-,41-,42-,43-,44-/m0/s1. The molecule has 8 atom stereocenters. The zero-order valence-electron chi connectivity index (χ0n) is 46.6. The molecule has 4 aromatic rings. The highest BCUT2D eigenvalue weighted by Crippen LogP contribution is 2.20. The number of aliphatic hydroxyl groups is 1. The summed E-state index contributed by atoms with van der Waals surface area (Å²) in [5.74, 6) is -8.22. The van der Waals surface area contributed by atoms with Crippen LogP contribution in [0.25, 0.3) is 10.9 Å². The topological polar surface area (TPSA) is 460 Å². The Balaban J connectivity index is 1.66. The monoisotopic (exact) mass is 1140 g/mol. The number of H-pyrrole nitrogens is 2. The number of aromatic amines is 2. The van der Waals surface area contributed by atoms with Gasteiger partial charge in [-0.2, -0.15) is 0 Å². The number of aliphatic imine (C=N–C) groups is 1. The Morgan fingerprint density at radius 1 is 0.610 bits per heavy atom. The summed E-state index contributed by atoms with van der Waals surface area (Å²) >= 11 is 0. The number of unbranched alkanes of at least 4 members (excludes halogenated alkanes) is 1. The van der Waals surface area contributed by atoms with Crippen molar-refractivity contribution in [1.29, 1.82) is 0 Å². The van der Waals surface area contributed by atoms with Crippen LogP contribution < -0.4 is 70.8 Å². The van der Waals surface area contributed by atoms with Gasteiger partial charge in [0.05, 0.1) is 19.5 Å². The molecule has 82 heavy (non-hydrogen) atoms. The molecule has 0 radical (unpaired) electrons. The average Bonchev–Trinajstić information content (AvgIpc) is 4.12. The number of nitrogens with two attached hydrogens (primary N) is 4. The van der Waals surface area contributed by atoms with E-state index in [1.807, 2.05) is 32.0 Å². The van der Waals surface area contributed by atoms with Gasteiger partial charge in [-0.15, -0.1) is 0 Å². The maximum atomic E-state index is 14.9. The number of nitrogens with zero attached hydrogens (tertiary/aromatic N) is 2. The van der Waals surface area contributed by atoms with E-state index in [1.165, 1.54) is 26.4 Å². The van der Waals surface area contributed by atoms with E-state index in [-0.39, 0.29) is 69.9 Å². The first-order chi connectivity index (χ1) is 39.1. The van der Waals surface area contributed by atoms with Crippen molar-refractivity contribution in [1.82, 2.24) is 62.8 Å². The number of guanidine groups is 1. The first kappa shape index (κ1) is 65.6. The summed E-state index contributed by atoms with van der Waals surface area (Å²) < 4.78 is 0. The van der Waals surface area contributed by atoms with Crippen molar-refractivity contribution in [3.8, 4) is 0 Å². The molecule has 2 aromatic heterocycles. The van der Waals surface area contributed by atoms with Crippen LogP contribution in [0.1, 0.15) is 83.0 Å². The lowest BCUT2D eigenvalue weighted by Gasteiger charge is -2.28. The number of benzene rings is 2. The highest BCUT2D eigenvalue weighted by molar-refractivity contribution is 5.98. The van der Waals surface area contributed by atoms with Crippen LogP contribution in [0, 0.1) is 5.92 Å². The molecule has 0 fully saturated rings. The molecule has 20 N–H and O–H groups in total. The summed E-state index contributed by atoms with van der Waals surface area (Å²) in [5.41, 5.74) is 24.9. The lowest BCUT2D eigenvalue weighted by atomic mass is 10.00. The largest absolute Gasteiger partial charge is 0.394 e. The third kappa shape index (κ3) is 22.3. The first-order valence-electron chi connectivity index (χ1n) is 27.0. The van der Waals surface area contributed by atoms with E-state index in [1.54, 1.807) is 42.6 Å². The van der Waals surface area contributed by atoms with Crippen molar-refractivity contribution < 1.29 is 53.1 Å². The van der Waals surface area contributed by atoms with Crippen molar-refractivity contribution in [3.05, 3.63) is 90.1 Å². The minimum Gasteiger partial charge on any atom is -0.394 e. The fourth-order valence-corrected chi connectivity index (χ4v) is 8.63. The molecule has 0 aliphatic heterocycles. The number of amides is 10. The summed E-state index contributed by atoms with van der Waals surface area (Å²) in [5, 5.41) is 34.1. The molecule has 28 nitrogen and oxygen atoms in total. The minimum atomic E-state index is -1.64. The number of nitrogens with one attached hydrogen (secondary N) is 11. The number of carbonyl (C=O) groups is 10. The van der Waals surface area contributed by atoms with E-state index in [0.717, 1.165) is 5.52 Å². The smallest absolute Gasteiger partial charge is 0.245 e. The third-order valence-electron chi connectivity index (χ3n) is 12.9. The Hall–Kier alpha value is -8.92. The Kier molecular flexibility index (Phi) is 26.9. The van der Waals surface area contributed by atoms with Crippen LogP contribution in [0.15, 0.2) is 78.3 Å². The molecule has 0 spiro atoms. The number of fused-ring (bicyclic) bond motifs is 1. The molecule has 0 saturated carbocycles. The molecular weight excluding hydrogens is 1060 g/mol. The van der Waals surface area contributed by atoms with Crippen LogP contribution in [0.3, 0.4) is 0 Å². The number of imidazole rings is 1. The highest BCUT2D eigenvalue weighted by atomic mass is 16.3. The maximum Gasteiger partial charge on any atom is 0.245 e. The Morgan fingerprint density at radius 2 is 1.16 bits per heavy atom. The van der Waals surface area contributed by atoms with Gasteiger partial charge in [-0.1, -0.05) is 62.4 Å². The first-order valence-corrected chi connectivity index (χ1v) is 27.0. The van der Waals surface area contributed by atoms with Gasteiger partial charge in [0.2, 0.25) is 59.1 Å². The Labute approximate surface area is 474 Å². The zero-order chi connectivity index (χ0) is 60.3. The van der Waals surface area contributed by atoms with Crippen molar-refractivity contribution in [2.45, 2.75) is 134 Å². The quantitative estimate of drug-likeness (QED) is 0.0122. The average molecular weight is 1140 g/mol. The summed E-state index contributed by atoms with van der Waals surface area (Å²) in [6, 6.07) is 5.43. The lowest BCUT2D eigenvalue weighted by molar-refractivity contribution is -0.136. The third-order valence-corrected chi connectivity index (χ3v) is 12.9. The van der Waals surface area contributed by atoms with Crippen molar-refractivity contribution in [2.75, 3.05) is 26.2 Å². The second-order valence-corrected chi connectivity index (χ2v) is 20.1. The van der Waals surface area contributed by atoms with E-state index in [2.05, 4.69) is 67.8 Å². The van der Waals surface area contributed by atoms with Gasteiger partial charge in [0, 0.05) is 61.7 Å². The number of primary amides is 1. The molecule has 0 unspecified atom stereocenters. The van der Waals surface area contributed by atoms with E-state index in [0.29, 0.717) is 35.0 Å². The fraction of sp³-hybridized carbons (Fsp3) is 0.481. The number of para-hydroxylation sites is 1. The number of aliphatic hydroxyl groups excluding tert-OH is 1. The molecule has 0 saturated heterocycles. The van der Waals surface area contributed by atoms with Crippen LogP contribution in [0.2, 0.25) is 0 Å². The summed E-state index contributed by atoms with van der Waals surface area (Å²) in [4.78, 5) is 149. The van der Waals surface area contributed by atoms with Gasteiger partial charge in [0.15, 0.2) is 5.96 Å². The van der Waals surface area contributed by atoms with Gasteiger partial charge >= 0.3 is 0 Å². The molecule has 2 aromatic carbocycles. The Bertz CT molecular complexity index is 2800. The van der Waals surface area contributed by atoms with E-state index in [9.17, 15) is 53.1 Å². The van der Waals surface area contributed by atoms with Crippen LogP contribution in [-0.2, 0) is 67.2 Å². The van der Waals surface area contributed by atoms with Gasteiger partial charge in [0.25, 0.3) is 0 Å². The summed E-state index contributed by atoms with van der Waals surface area (Å²) in [6.07, 6.45) is 5.07. The maximum absolute atomic E-state index is 14.9. The molecule has 4 rings (SSSR count). The second-order valence-electron chi connectivity index (χ2n) is 20.1. The minimum absolute atomic E-state index is 0.000472. The number of aromatic nitrogens is 3. The van der Waals surface area contributed by atoms with Gasteiger partial charge in [-0.05, 0) is 75.1 Å². The number of hydrogen-bond acceptors (Lipinski definition) is 14. The zero-order valence-corrected chi connectivity index (χ0v) is 46.6. The number of rotatable bonds is 35. The molecule has 446 valence electrons. The lowest BCUT2D eigenvalue weighted by Crippen LogP contribution is -2.61. The number of carbonyl (C=O) groups excluding carboxylic acids is 10. The van der Waals surface area contributed by atoms with Gasteiger partial charge in [-0.3, -0.25) is 52.9 Å². The van der Waals surface area contributed by atoms with Gasteiger partial charge in [-0.25, -0.2) is 4.98 Å². The molecule has 0 aliphatic carbocycles. The van der Waals surface area contributed by atoms with Crippen LogP contribution in [-0.4, -0.2) is 160 Å². The normalized spacial score (nSPS) is 14.0. The molecule has 0 aliphatic rings. The van der Waals surface area contributed by atoms with E-state index < -0.39 is 121 Å². The SMILES string of the molecule is CC(=O)N[C@@H](C)C(=O)NCC(=O)N[C@@H](CO)C(=O)N[C@@H](CCCN=C(N)N)C(=O)N[C@@H](Cc1cnc[nH]1)C(=O)N[C@@H](Cc1c[nH]c2ccccc12)C(=O)N[C@@H](CCCCN)C(=O)N[C@@H](Cc1ccccc1)C(=O)N[C@@H](CC(C)C)C(N)=O. The molecule has 0 bridgehead atoms. The predicted molar refractivity (Wildman–Crippen MR) is 303 cm³/mol. The van der Waals surface area contributed by atoms with Crippen LogP contribution in [0.5, 0.6) is 0 Å². The second kappa shape index (κ2) is 33.6. The van der Waals surface area contributed by atoms with Crippen LogP contribution in [0.4, 0.5) is 0 Å². The summed E-state index contributed by atoms with van der Waals surface area (Å²) in [7, 11) is 0. The van der Waals surface area contributed by atoms with Crippen molar-refractivity contribution in [3.63, 3.8) is 0 Å². The van der Waals surface area contributed by atoms with Crippen molar-refractivity contribution >= 4 is 75.9 Å². The number of hydrogen-bond donors (Lipinski definition) is 16. The Morgan fingerprint density at radius 3 is 1.72 bits per heavy atom. The molecule has 2 heterocycles. The van der Waals surface area contributed by atoms with E-state index >= 15 is 0 Å². The molecule has 10 amide bonds. The summed E-state index contributed by atoms with van der Waals surface area (Å²) in [6.45, 7) is 4.98. The predicted octanol–water partition coefficient (Wildman–Crippen LogP) is -3.34.